The van der Waals surface area contributed by atoms with Gasteiger partial charge in [0, 0.05) is 38.0 Å². The van der Waals surface area contributed by atoms with Crippen LogP contribution in [0.4, 0.5) is 0 Å². The molecule has 1 fully saturated rings. The second-order valence-electron chi connectivity index (χ2n) is 6.37. The molecule has 0 aromatic carbocycles. The highest BCUT2D eigenvalue weighted by molar-refractivity contribution is 5.96. The van der Waals surface area contributed by atoms with Crippen LogP contribution in [0.3, 0.4) is 0 Å². The summed E-state index contributed by atoms with van der Waals surface area (Å²) >= 11 is 0. The van der Waals surface area contributed by atoms with E-state index < -0.39 is 0 Å². The van der Waals surface area contributed by atoms with E-state index in [0.29, 0.717) is 18.8 Å². The lowest BCUT2D eigenvalue weighted by Gasteiger charge is -2.22. The minimum absolute atomic E-state index is 0.00687. The number of rotatable bonds is 4. The molecule has 1 aliphatic heterocycles. The standard InChI is InChI=1S/C17H25N5O2/c1-6-21-10(2)7-14(11(21)3)17(23)22-9-13(24-5)8-15(22)16-18-12(4)19-20-16/h7,13,15H,6,8-9H2,1-5H3,(H,18,19,20)/t13-,15+/m1/s1. The molecular weight excluding hydrogens is 306 g/mol. The van der Waals surface area contributed by atoms with E-state index in [1.54, 1.807) is 7.11 Å². The third kappa shape index (κ3) is 2.73. The lowest BCUT2D eigenvalue weighted by Crippen LogP contribution is -2.32. The molecule has 0 saturated carbocycles. The third-order valence-electron chi connectivity index (χ3n) is 4.89. The van der Waals surface area contributed by atoms with Gasteiger partial charge in [-0.15, -0.1) is 0 Å². The Balaban J connectivity index is 1.94. The summed E-state index contributed by atoms with van der Waals surface area (Å²) in [7, 11) is 1.68. The molecule has 24 heavy (non-hydrogen) atoms. The van der Waals surface area contributed by atoms with E-state index in [1.165, 1.54) is 0 Å². The summed E-state index contributed by atoms with van der Waals surface area (Å²) in [6, 6.07) is 1.82. The van der Waals surface area contributed by atoms with Gasteiger partial charge in [0.1, 0.15) is 5.82 Å². The zero-order valence-electron chi connectivity index (χ0n) is 15.0. The van der Waals surface area contributed by atoms with Crippen molar-refractivity contribution < 1.29 is 9.53 Å². The number of likely N-dealkylation sites (tertiary alicyclic amines) is 1. The molecule has 1 aliphatic rings. The highest BCUT2D eigenvalue weighted by Gasteiger charge is 2.39. The molecule has 2 aromatic heterocycles. The van der Waals surface area contributed by atoms with E-state index >= 15 is 0 Å². The maximum atomic E-state index is 13.2. The van der Waals surface area contributed by atoms with Crippen molar-refractivity contribution in [2.24, 2.45) is 0 Å². The van der Waals surface area contributed by atoms with Crippen LogP contribution in [-0.4, -0.2) is 50.3 Å². The Bertz CT molecular complexity index is 748. The zero-order chi connectivity index (χ0) is 17.4. The Kier molecular flexibility index (Phi) is 4.45. The van der Waals surface area contributed by atoms with Crippen molar-refractivity contribution in [2.45, 2.75) is 52.8 Å². The summed E-state index contributed by atoms with van der Waals surface area (Å²) in [6.45, 7) is 9.40. The van der Waals surface area contributed by atoms with Gasteiger partial charge in [-0.1, -0.05) is 0 Å². The maximum absolute atomic E-state index is 13.2. The Morgan fingerprint density at radius 2 is 2.17 bits per heavy atom. The van der Waals surface area contributed by atoms with Crippen molar-refractivity contribution in [3.05, 3.63) is 34.7 Å². The highest BCUT2D eigenvalue weighted by Crippen LogP contribution is 2.33. The molecule has 3 rings (SSSR count). The number of hydrogen-bond acceptors (Lipinski definition) is 4. The number of methoxy groups -OCH3 is 1. The van der Waals surface area contributed by atoms with Crippen LogP contribution >= 0.6 is 0 Å². The number of aryl methyl sites for hydroxylation is 2. The predicted molar refractivity (Wildman–Crippen MR) is 89.9 cm³/mol. The van der Waals surface area contributed by atoms with Crippen molar-refractivity contribution in [3.63, 3.8) is 0 Å². The van der Waals surface area contributed by atoms with Gasteiger partial charge in [-0.25, -0.2) is 4.98 Å². The smallest absolute Gasteiger partial charge is 0.256 e. The van der Waals surface area contributed by atoms with Gasteiger partial charge in [0.15, 0.2) is 5.82 Å². The Labute approximate surface area is 142 Å². The molecule has 1 amide bonds. The molecule has 1 N–H and O–H groups in total. The Morgan fingerprint density at radius 3 is 2.71 bits per heavy atom. The van der Waals surface area contributed by atoms with Gasteiger partial charge in [0.25, 0.3) is 5.91 Å². The molecule has 7 heteroatoms. The number of nitrogens with zero attached hydrogens (tertiary/aromatic N) is 4. The molecule has 3 heterocycles. The van der Waals surface area contributed by atoms with Crippen molar-refractivity contribution in [2.75, 3.05) is 13.7 Å². The lowest BCUT2D eigenvalue weighted by atomic mass is 10.1. The molecule has 1 saturated heterocycles. The van der Waals surface area contributed by atoms with Crippen LogP contribution < -0.4 is 0 Å². The van der Waals surface area contributed by atoms with E-state index in [0.717, 1.165) is 29.3 Å². The monoisotopic (exact) mass is 331 g/mol. The summed E-state index contributed by atoms with van der Waals surface area (Å²) < 4.78 is 7.66. The van der Waals surface area contributed by atoms with E-state index in [1.807, 2.05) is 31.7 Å². The van der Waals surface area contributed by atoms with E-state index in [9.17, 15) is 4.79 Å². The number of amides is 1. The van der Waals surface area contributed by atoms with Gasteiger partial charge in [-0.05, 0) is 33.8 Å². The van der Waals surface area contributed by atoms with Crippen LogP contribution in [0, 0.1) is 20.8 Å². The van der Waals surface area contributed by atoms with Crippen molar-refractivity contribution in [1.29, 1.82) is 0 Å². The van der Waals surface area contributed by atoms with E-state index in [4.69, 9.17) is 4.74 Å². The second-order valence-corrected chi connectivity index (χ2v) is 6.37. The topological polar surface area (TPSA) is 76.0 Å². The van der Waals surface area contributed by atoms with Crippen LogP contribution in [0.2, 0.25) is 0 Å². The molecule has 2 aromatic rings. The van der Waals surface area contributed by atoms with Crippen molar-refractivity contribution in [3.8, 4) is 0 Å². The van der Waals surface area contributed by atoms with E-state index in [2.05, 4.69) is 26.7 Å². The number of aromatic nitrogens is 4. The first kappa shape index (κ1) is 16.7. The Morgan fingerprint density at radius 1 is 1.42 bits per heavy atom. The minimum Gasteiger partial charge on any atom is -0.380 e. The average molecular weight is 331 g/mol. The van der Waals surface area contributed by atoms with Crippen LogP contribution in [0.25, 0.3) is 0 Å². The lowest BCUT2D eigenvalue weighted by molar-refractivity contribution is 0.0683. The normalized spacial score (nSPS) is 20.8. The van der Waals surface area contributed by atoms with Crippen LogP contribution in [0.5, 0.6) is 0 Å². The first-order valence-electron chi connectivity index (χ1n) is 8.35. The van der Waals surface area contributed by atoms with E-state index in [-0.39, 0.29) is 18.1 Å². The first-order valence-corrected chi connectivity index (χ1v) is 8.35. The third-order valence-corrected chi connectivity index (χ3v) is 4.89. The summed E-state index contributed by atoms with van der Waals surface area (Å²) in [4.78, 5) is 19.5. The molecule has 7 nitrogen and oxygen atoms in total. The summed E-state index contributed by atoms with van der Waals surface area (Å²) in [5.41, 5.74) is 2.86. The quantitative estimate of drug-likeness (QED) is 0.931. The molecule has 0 unspecified atom stereocenters. The first-order chi connectivity index (χ1) is 11.5. The second kappa shape index (κ2) is 6.39. The highest BCUT2D eigenvalue weighted by atomic mass is 16.5. The minimum atomic E-state index is -0.155. The number of carbonyl (C=O) groups excluding carboxylic acids is 1. The predicted octanol–water partition coefficient (Wildman–Crippen LogP) is 2.15. The molecule has 0 spiro atoms. The van der Waals surface area contributed by atoms with Crippen molar-refractivity contribution >= 4 is 5.91 Å². The molecule has 0 bridgehead atoms. The molecule has 0 radical (unpaired) electrons. The maximum Gasteiger partial charge on any atom is 0.256 e. The van der Waals surface area contributed by atoms with Gasteiger partial charge in [0.05, 0.1) is 17.7 Å². The SMILES string of the molecule is CCn1c(C)cc(C(=O)N2C[C@H](OC)C[C@H]2c2n[nH]c(C)n2)c1C. The molecule has 2 atom stereocenters. The number of hydrogen-bond donors (Lipinski definition) is 1. The number of nitrogens with one attached hydrogen (secondary N) is 1. The number of aromatic amines is 1. The summed E-state index contributed by atoms with van der Waals surface area (Å²) in [5, 5.41) is 7.13. The molecule has 0 aliphatic carbocycles. The molecule has 130 valence electrons. The van der Waals surface area contributed by atoms with Gasteiger partial charge in [-0.3, -0.25) is 9.89 Å². The number of carbonyl (C=O) groups is 1. The number of ether oxygens (including phenoxy) is 1. The fourth-order valence-electron chi connectivity index (χ4n) is 3.61. The number of H-pyrrole nitrogens is 1. The summed E-state index contributed by atoms with van der Waals surface area (Å²) in [5.74, 6) is 1.43. The van der Waals surface area contributed by atoms with Crippen molar-refractivity contribution in [1.82, 2.24) is 24.6 Å². The fraction of sp³-hybridized carbons (Fsp3) is 0.588. The Hall–Kier alpha value is -2.15. The summed E-state index contributed by atoms with van der Waals surface area (Å²) in [6.07, 6.45) is 0.721. The zero-order valence-corrected chi connectivity index (χ0v) is 15.0. The largest absolute Gasteiger partial charge is 0.380 e. The van der Waals surface area contributed by atoms with Crippen LogP contribution in [-0.2, 0) is 11.3 Å². The van der Waals surface area contributed by atoms with Crippen LogP contribution in [0.15, 0.2) is 6.07 Å². The van der Waals surface area contributed by atoms with Gasteiger partial charge in [0.2, 0.25) is 0 Å². The fourth-order valence-corrected chi connectivity index (χ4v) is 3.61. The van der Waals surface area contributed by atoms with Gasteiger partial charge >= 0.3 is 0 Å². The van der Waals surface area contributed by atoms with Gasteiger partial charge < -0.3 is 14.2 Å². The van der Waals surface area contributed by atoms with Gasteiger partial charge in [-0.2, -0.15) is 5.10 Å². The molecular formula is C17H25N5O2. The average Bonchev–Trinajstić information content (AvgIpc) is 3.24. The van der Waals surface area contributed by atoms with Crippen LogP contribution in [0.1, 0.15) is 52.8 Å².